The number of rotatable bonds is 6. The first-order chi connectivity index (χ1) is 7.72. The minimum atomic E-state index is 0.391. The Morgan fingerprint density at radius 3 is 2.88 bits per heavy atom. The van der Waals surface area contributed by atoms with Crippen molar-refractivity contribution in [3.63, 3.8) is 0 Å². The van der Waals surface area contributed by atoms with Crippen molar-refractivity contribution in [2.24, 2.45) is 0 Å². The van der Waals surface area contributed by atoms with Crippen LogP contribution < -0.4 is 0 Å². The van der Waals surface area contributed by atoms with Crippen LogP contribution in [0.25, 0.3) is 0 Å². The summed E-state index contributed by atoms with van der Waals surface area (Å²) in [6.07, 6.45) is 4.33. The van der Waals surface area contributed by atoms with Gasteiger partial charge in [-0.15, -0.1) is 0 Å². The largest absolute Gasteiger partial charge is 0.292 e. The summed E-state index contributed by atoms with van der Waals surface area (Å²) in [6.45, 7) is 6.30. The Balaban J connectivity index is 2.02. The van der Waals surface area contributed by atoms with Gasteiger partial charge in [0.15, 0.2) is 0 Å². The zero-order valence-corrected chi connectivity index (χ0v) is 11.5. The lowest BCUT2D eigenvalue weighted by atomic mass is 10.4. The molecule has 0 radical (unpaired) electrons. The van der Waals surface area contributed by atoms with Crippen LogP contribution >= 0.6 is 15.9 Å². The predicted octanol–water partition coefficient (Wildman–Crippen LogP) is 2.22. The molecule has 1 aromatic heterocycles. The van der Waals surface area contributed by atoms with Gasteiger partial charge < -0.3 is 0 Å². The number of aromatic nitrogens is 3. The highest BCUT2D eigenvalue weighted by atomic mass is 79.9. The molecule has 2 rings (SSSR count). The van der Waals surface area contributed by atoms with Crippen LogP contribution in [0.4, 0.5) is 0 Å². The van der Waals surface area contributed by atoms with E-state index in [0.717, 1.165) is 30.3 Å². The second-order valence-electron chi connectivity index (χ2n) is 4.61. The summed E-state index contributed by atoms with van der Waals surface area (Å²) in [6, 6.07) is 1.16. The van der Waals surface area contributed by atoms with Crippen LogP contribution in [0.1, 0.15) is 38.6 Å². The number of hydrogen-bond donors (Lipinski definition) is 0. The summed E-state index contributed by atoms with van der Waals surface area (Å²) in [5, 5.41) is 5.30. The fraction of sp³-hybridized carbons (Fsp3) is 0.818. The predicted molar refractivity (Wildman–Crippen MR) is 67.6 cm³/mol. The molecule has 0 amide bonds. The Bertz CT molecular complexity index is 332. The van der Waals surface area contributed by atoms with E-state index in [0.29, 0.717) is 6.04 Å². The van der Waals surface area contributed by atoms with E-state index in [1.54, 1.807) is 6.33 Å². The molecule has 16 heavy (non-hydrogen) atoms. The molecule has 1 aromatic rings. The number of nitrogens with zero attached hydrogens (tertiary/aromatic N) is 4. The molecule has 4 nitrogen and oxygen atoms in total. The first-order valence-electron chi connectivity index (χ1n) is 5.90. The Hall–Kier alpha value is -0.420. The molecule has 0 saturated heterocycles. The molecule has 0 aromatic carbocycles. The van der Waals surface area contributed by atoms with Crippen LogP contribution in [0.3, 0.4) is 0 Å². The van der Waals surface area contributed by atoms with Crippen molar-refractivity contribution in [3.05, 3.63) is 12.2 Å². The zero-order valence-electron chi connectivity index (χ0n) is 9.93. The first-order valence-corrected chi connectivity index (χ1v) is 7.03. The normalized spacial score (nSPS) is 16.3. The molecule has 90 valence electrons. The third-order valence-electron chi connectivity index (χ3n) is 2.92. The van der Waals surface area contributed by atoms with E-state index in [1.807, 2.05) is 4.68 Å². The van der Waals surface area contributed by atoms with E-state index in [4.69, 9.17) is 0 Å². The van der Waals surface area contributed by atoms with Crippen molar-refractivity contribution in [1.82, 2.24) is 19.7 Å². The van der Waals surface area contributed by atoms with Gasteiger partial charge in [0, 0.05) is 24.0 Å². The summed E-state index contributed by atoms with van der Waals surface area (Å²) in [5.41, 5.74) is 0. The summed E-state index contributed by atoms with van der Waals surface area (Å²) in [5.74, 6) is 1.09. The van der Waals surface area contributed by atoms with Crippen molar-refractivity contribution in [1.29, 1.82) is 0 Å². The summed E-state index contributed by atoms with van der Waals surface area (Å²) < 4.78 is 2.02. The van der Waals surface area contributed by atoms with Gasteiger partial charge in [-0.1, -0.05) is 15.9 Å². The van der Waals surface area contributed by atoms with Gasteiger partial charge in [-0.3, -0.25) is 4.90 Å². The number of halogens is 1. The molecule has 0 unspecified atom stereocenters. The molecule has 1 heterocycles. The topological polar surface area (TPSA) is 34.0 Å². The molecule has 0 spiro atoms. The second kappa shape index (κ2) is 5.27. The molecule has 1 fully saturated rings. The maximum atomic E-state index is 4.36. The van der Waals surface area contributed by atoms with E-state index in [2.05, 4.69) is 44.8 Å². The Kier molecular flexibility index (Phi) is 3.97. The lowest BCUT2D eigenvalue weighted by Crippen LogP contribution is -2.29. The first kappa shape index (κ1) is 12.0. The van der Waals surface area contributed by atoms with Crippen LogP contribution in [0, 0.1) is 0 Å². The number of hydrogen-bond acceptors (Lipinski definition) is 3. The highest BCUT2D eigenvalue weighted by Crippen LogP contribution is 2.28. The van der Waals surface area contributed by atoms with Crippen molar-refractivity contribution >= 4 is 15.9 Å². The lowest BCUT2D eigenvalue weighted by Gasteiger charge is -2.21. The third-order valence-corrected chi connectivity index (χ3v) is 3.27. The fourth-order valence-electron chi connectivity index (χ4n) is 1.94. The van der Waals surface area contributed by atoms with E-state index >= 15 is 0 Å². The minimum Gasteiger partial charge on any atom is -0.292 e. The van der Waals surface area contributed by atoms with Gasteiger partial charge in [-0.25, -0.2) is 9.67 Å². The van der Waals surface area contributed by atoms with Gasteiger partial charge in [-0.2, -0.15) is 5.10 Å². The van der Waals surface area contributed by atoms with Crippen LogP contribution in [0.5, 0.6) is 0 Å². The standard InChI is InChI=1S/C11H19BrN4/c1-9(2)16-11(13-8-14-16)7-15(6-5-12)10-3-4-10/h8-10H,3-7H2,1-2H3. The van der Waals surface area contributed by atoms with Crippen LogP contribution in [-0.4, -0.2) is 37.6 Å². The maximum Gasteiger partial charge on any atom is 0.141 e. The maximum absolute atomic E-state index is 4.36. The lowest BCUT2D eigenvalue weighted by molar-refractivity contribution is 0.257. The Labute approximate surface area is 105 Å². The SMILES string of the molecule is CC(C)n1ncnc1CN(CCBr)C1CC1. The zero-order chi connectivity index (χ0) is 11.5. The molecule has 1 aliphatic rings. The van der Waals surface area contributed by atoms with Crippen molar-refractivity contribution in [2.75, 3.05) is 11.9 Å². The van der Waals surface area contributed by atoms with Gasteiger partial charge in [0.2, 0.25) is 0 Å². The van der Waals surface area contributed by atoms with Crippen molar-refractivity contribution < 1.29 is 0 Å². The Morgan fingerprint density at radius 2 is 2.31 bits per heavy atom. The molecule has 0 bridgehead atoms. The summed E-state index contributed by atoms with van der Waals surface area (Å²) in [4.78, 5) is 6.86. The van der Waals surface area contributed by atoms with Gasteiger partial charge in [0.1, 0.15) is 12.2 Å². The van der Waals surface area contributed by atoms with Crippen LogP contribution in [0.2, 0.25) is 0 Å². The Morgan fingerprint density at radius 1 is 1.56 bits per heavy atom. The second-order valence-corrected chi connectivity index (χ2v) is 5.40. The molecule has 0 atom stereocenters. The van der Waals surface area contributed by atoms with Crippen molar-refractivity contribution in [3.8, 4) is 0 Å². The number of alkyl halides is 1. The van der Waals surface area contributed by atoms with Crippen LogP contribution in [-0.2, 0) is 6.54 Å². The molecule has 0 aliphatic heterocycles. The molecule has 5 heteroatoms. The van der Waals surface area contributed by atoms with Crippen LogP contribution in [0.15, 0.2) is 6.33 Å². The van der Waals surface area contributed by atoms with Gasteiger partial charge in [-0.05, 0) is 26.7 Å². The quantitative estimate of drug-likeness (QED) is 0.752. The molecule has 0 N–H and O–H groups in total. The molecule has 1 saturated carbocycles. The monoisotopic (exact) mass is 286 g/mol. The fourth-order valence-corrected chi connectivity index (χ4v) is 2.39. The minimum absolute atomic E-state index is 0.391. The smallest absolute Gasteiger partial charge is 0.141 e. The summed E-state index contributed by atoms with van der Waals surface area (Å²) in [7, 11) is 0. The van der Waals surface area contributed by atoms with Gasteiger partial charge >= 0.3 is 0 Å². The van der Waals surface area contributed by atoms with Gasteiger partial charge in [0.05, 0.1) is 6.54 Å². The molecular weight excluding hydrogens is 268 g/mol. The molecule has 1 aliphatic carbocycles. The van der Waals surface area contributed by atoms with E-state index in [9.17, 15) is 0 Å². The molecular formula is C11H19BrN4. The highest BCUT2D eigenvalue weighted by Gasteiger charge is 2.29. The van der Waals surface area contributed by atoms with E-state index < -0.39 is 0 Å². The van der Waals surface area contributed by atoms with E-state index in [-0.39, 0.29) is 0 Å². The summed E-state index contributed by atoms with van der Waals surface area (Å²) >= 11 is 3.51. The average Bonchev–Trinajstić information content (AvgIpc) is 2.98. The highest BCUT2D eigenvalue weighted by molar-refractivity contribution is 9.09. The average molecular weight is 287 g/mol. The van der Waals surface area contributed by atoms with Crippen molar-refractivity contribution in [2.45, 2.75) is 45.3 Å². The third kappa shape index (κ3) is 2.83. The van der Waals surface area contributed by atoms with E-state index in [1.165, 1.54) is 12.8 Å². The van der Waals surface area contributed by atoms with Gasteiger partial charge in [0.25, 0.3) is 0 Å².